The largest absolute Gasteiger partial charge is 0.457 e. The van der Waals surface area contributed by atoms with Crippen molar-refractivity contribution in [3.8, 4) is 11.5 Å². The quantitative estimate of drug-likeness (QED) is 0.886. The third-order valence-corrected chi connectivity index (χ3v) is 4.34. The fraction of sp³-hybridized carbons (Fsp3) is 0.316. The van der Waals surface area contributed by atoms with Crippen molar-refractivity contribution in [2.24, 2.45) is 5.41 Å². The van der Waals surface area contributed by atoms with E-state index in [-0.39, 0.29) is 17.1 Å². The van der Waals surface area contributed by atoms with Gasteiger partial charge in [-0.2, -0.15) is 0 Å². The highest BCUT2D eigenvalue weighted by Crippen LogP contribution is 2.25. The van der Waals surface area contributed by atoms with Crippen molar-refractivity contribution < 1.29 is 13.9 Å². The Morgan fingerprint density at radius 1 is 1.17 bits per heavy atom. The zero-order valence-corrected chi connectivity index (χ0v) is 13.6. The molecule has 5 heteroatoms. The van der Waals surface area contributed by atoms with Gasteiger partial charge in [0, 0.05) is 13.1 Å². The number of rotatable bonds is 5. The fourth-order valence-corrected chi connectivity index (χ4v) is 2.72. The summed E-state index contributed by atoms with van der Waals surface area (Å²) in [5.41, 5.74) is 0.690. The molecule has 1 aliphatic rings. The van der Waals surface area contributed by atoms with Gasteiger partial charge in [-0.3, -0.25) is 4.79 Å². The van der Waals surface area contributed by atoms with E-state index in [2.05, 4.69) is 10.6 Å². The van der Waals surface area contributed by atoms with Crippen LogP contribution in [0.25, 0.3) is 0 Å². The van der Waals surface area contributed by atoms with Gasteiger partial charge in [0.15, 0.2) is 0 Å². The summed E-state index contributed by atoms with van der Waals surface area (Å²) in [4.78, 5) is 12.3. The lowest BCUT2D eigenvalue weighted by Gasteiger charge is -2.21. The van der Waals surface area contributed by atoms with Gasteiger partial charge >= 0.3 is 0 Å². The van der Waals surface area contributed by atoms with Crippen LogP contribution in [0.2, 0.25) is 0 Å². The topological polar surface area (TPSA) is 50.4 Å². The molecule has 2 aromatic carbocycles. The van der Waals surface area contributed by atoms with Crippen LogP contribution in [0.1, 0.15) is 18.9 Å². The standard InChI is InChI=1S/C19H21FN2O2/c1-19(10-11-21-13-19)18(23)22-12-14-2-6-16(7-3-14)24-17-8-4-15(20)5-9-17/h2-9,21H,10-13H2,1H3,(H,22,23). The molecule has 0 bridgehead atoms. The third-order valence-electron chi connectivity index (χ3n) is 4.34. The molecule has 1 aliphatic heterocycles. The van der Waals surface area contributed by atoms with E-state index in [1.807, 2.05) is 31.2 Å². The number of ether oxygens (including phenoxy) is 1. The molecule has 24 heavy (non-hydrogen) atoms. The lowest BCUT2D eigenvalue weighted by Crippen LogP contribution is -2.39. The molecule has 0 spiro atoms. The molecule has 4 nitrogen and oxygen atoms in total. The molecular formula is C19H21FN2O2. The van der Waals surface area contributed by atoms with E-state index in [0.29, 0.717) is 18.0 Å². The second kappa shape index (κ2) is 7.01. The molecule has 126 valence electrons. The zero-order chi connectivity index (χ0) is 17.0. The van der Waals surface area contributed by atoms with Gasteiger partial charge in [0.1, 0.15) is 17.3 Å². The molecule has 0 aromatic heterocycles. The van der Waals surface area contributed by atoms with Gasteiger partial charge in [0.25, 0.3) is 0 Å². The SMILES string of the molecule is CC1(C(=O)NCc2ccc(Oc3ccc(F)cc3)cc2)CCNC1. The molecule has 3 rings (SSSR count). The summed E-state index contributed by atoms with van der Waals surface area (Å²) >= 11 is 0. The highest BCUT2D eigenvalue weighted by molar-refractivity contribution is 5.82. The first-order valence-corrected chi connectivity index (χ1v) is 8.07. The monoisotopic (exact) mass is 328 g/mol. The van der Waals surface area contributed by atoms with Crippen molar-refractivity contribution >= 4 is 5.91 Å². The van der Waals surface area contributed by atoms with E-state index >= 15 is 0 Å². The summed E-state index contributed by atoms with van der Waals surface area (Å²) in [6.07, 6.45) is 0.864. The van der Waals surface area contributed by atoms with Gasteiger partial charge in [0.05, 0.1) is 5.41 Å². The lowest BCUT2D eigenvalue weighted by atomic mass is 9.89. The Morgan fingerprint density at radius 2 is 1.79 bits per heavy atom. The van der Waals surface area contributed by atoms with Crippen LogP contribution in [-0.2, 0) is 11.3 Å². The van der Waals surface area contributed by atoms with Crippen LogP contribution >= 0.6 is 0 Å². The highest BCUT2D eigenvalue weighted by Gasteiger charge is 2.35. The third kappa shape index (κ3) is 3.92. The first kappa shape index (κ1) is 16.5. The van der Waals surface area contributed by atoms with Gasteiger partial charge in [-0.25, -0.2) is 4.39 Å². The van der Waals surface area contributed by atoms with Crippen molar-refractivity contribution in [2.45, 2.75) is 19.9 Å². The van der Waals surface area contributed by atoms with E-state index < -0.39 is 0 Å². The normalized spacial score (nSPS) is 19.9. The Kier molecular flexibility index (Phi) is 4.81. The van der Waals surface area contributed by atoms with Crippen molar-refractivity contribution in [1.82, 2.24) is 10.6 Å². The van der Waals surface area contributed by atoms with E-state index in [9.17, 15) is 9.18 Å². The van der Waals surface area contributed by atoms with Crippen LogP contribution in [0.15, 0.2) is 48.5 Å². The van der Waals surface area contributed by atoms with Crippen molar-refractivity contribution in [1.29, 1.82) is 0 Å². The number of amides is 1. The summed E-state index contributed by atoms with van der Waals surface area (Å²) in [6.45, 7) is 4.09. The van der Waals surface area contributed by atoms with E-state index in [1.54, 1.807) is 12.1 Å². The maximum absolute atomic E-state index is 12.9. The maximum atomic E-state index is 12.9. The number of nitrogens with one attached hydrogen (secondary N) is 2. The Hall–Kier alpha value is -2.40. The Balaban J connectivity index is 1.54. The molecule has 1 atom stereocenters. The van der Waals surface area contributed by atoms with Crippen LogP contribution in [0.5, 0.6) is 11.5 Å². The van der Waals surface area contributed by atoms with Gasteiger partial charge in [-0.05, 0) is 61.9 Å². The molecule has 2 aromatic rings. The van der Waals surface area contributed by atoms with E-state index in [1.165, 1.54) is 12.1 Å². The van der Waals surface area contributed by atoms with Crippen LogP contribution < -0.4 is 15.4 Å². The molecule has 2 N–H and O–H groups in total. The van der Waals surface area contributed by atoms with Crippen LogP contribution in [0.3, 0.4) is 0 Å². The second-order valence-electron chi connectivity index (χ2n) is 6.37. The lowest BCUT2D eigenvalue weighted by molar-refractivity contribution is -0.129. The van der Waals surface area contributed by atoms with Gasteiger partial charge in [-0.15, -0.1) is 0 Å². The minimum atomic E-state index is -0.314. The smallest absolute Gasteiger partial charge is 0.227 e. The number of carbonyl (C=O) groups is 1. The van der Waals surface area contributed by atoms with Gasteiger partial charge in [-0.1, -0.05) is 12.1 Å². The molecule has 1 heterocycles. The van der Waals surface area contributed by atoms with Crippen LogP contribution in [0.4, 0.5) is 4.39 Å². The molecular weight excluding hydrogens is 307 g/mol. The first-order valence-electron chi connectivity index (χ1n) is 8.07. The Bertz CT molecular complexity index is 692. The van der Waals surface area contributed by atoms with Crippen LogP contribution in [0, 0.1) is 11.2 Å². The molecule has 1 fully saturated rings. The number of hydrogen-bond donors (Lipinski definition) is 2. The highest BCUT2D eigenvalue weighted by atomic mass is 19.1. The predicted octanol–water partition coefficient (Wildman–Crippen LogP) is 3.23. The number of hydrogen-bond acceptors (Lipinski definition) is 3. The molecule has 0 saturated carbocycles. The summed E-state index contributed by atoms with van der Waals surface area (Å²) < 4.78 is 18.5. The average Bonchev–Trinajstić information content (AvgIpc) is 3.04. The fourth-order valence-electron chi connectivity index (χ4n) is 2.72. The van der Waals surface area contributed by atoms with E-state index in [0.717, 1.165) is 25.1 Å². The molecule has 0 radical (unpaired) electrons. The summed E-state index contributed by atoms with van der Waals surface area (Å²) in [5, 5.41) is 6.22. The van der Waals surface area contributed by atoms with Crippen LogP contribution in [-0.4, -0.2) is 19.0 Å². The number of carbonyl (C=O) groups excluding carboxylic acids is 1. The number of halogens is 1. The van der Waals surface area contributed by atoms with Crippen molar-refractivity contribution in [3.63, 3.8) is 0 Å². The van der Waals surface area contributed by atoms with E-state index in [4.69, 9.17) is 4.74 Å². The molecule has 1 unspecified atom stereocenters. The maximum Gasteiger partial charge on any atom is 0.227 e. The first-order chi connectivity index (χ1) is 11.5. The molecule has 1 amide bonds. The number of benzene rings is 2. The second-order valence-corrected chi connectivity index (χ2v) is 6.37. The minimum absolute atomic E-state index is 0.0825. The molecule has 1 saturated heterocycles. The summed E-state index contributed by atoms with van der Waals surface area (Å²) in [7, 11) is 0. The zero-order valence-electron chi connectivity index (χ0n) is 13.6. The van der Waals surface area contributed by atoms with Crippen molar-refractivity contribution in [2.75, 3.05) is 13.1 Å². The minimum Gasteiger partial charge on any atom is -0.457 e. The summed E-state index contributed by atoms with van der Waals surface area (Å²) in [5.74, 6) is 1.04. The van der Waals surface area contributed by atoms with Gasteiger partial charge in [0.2, 0.25) is 5.91 Å². The molecule has 0 aliphatic carbocycles. The predicted molar refractivity (Wildman–Crippen MR) is 90.4 cm³/mol. The average molecular weight is 328 g/mol. The summed E-state index contributed by atoms with van der Waals surface area (Å²) in [6, 6.07) is 13.4. The van der Waals surface area contributed by atoms with Gasteiger partial charge < -0.3 is 15.4 Å². The Labute approximate surface area is 141 Å². The van der Waals surface area contributed by atoms with Crippen molar-refractivity contribution in [3.05, 3.63) is 59.9 Å². The Morgan fingerprint density at radius 3 is 2.38 bits per heavy atom.